The molecule has 5 rings (SSSR count). The normalized spacial score (nSPS) is 19.5. The number of carbonyl (C=O) groups is 1. The molecule has 2 N–H and O–H groups in total. The first-order chi connectivity index (χ1) is 17.0. The highest BCUT2D eigenvalue weighted by Gasteiger charge is 2.51. The van der Waals surface area contributed by atoms with Gasteiger partial charge in [-0.1, -0.05) is 18.2 Å². The summed E-state index contributed by atoms with van der Waals surface area (Å²) in [5, 5.41) is 3.11. The van der Waals surface area contributed by atoms with Gasteiger partial charge in [0.15, 0.2) is 0 Å². The molecule has 7 nitrogen and oxygen atoms in total. The Kier molecular flexibility index (Phi) is 7.14. The maximum Gasteiger partial charge on any atom is 0.261 e. The molecule has 1 aliphatic heterocycles. The second kappa shape index (κ2) is 10.3. The number of aryl methyl sites for hydroxylation is 2. The van der Waals surface area contributed by atoms with Gasteiger partial charge < -0.3 is 10.1 Å². The Balaban J connectivity index is 1.17. The smallest absolute Gasteiger partial charge is 0.261 e. The number of rotatable bonds is 9. The fourth-order valence-corrected chi connectivity index (χ4v) is 6.33. The van der Waals surface area contributed by atoms with Crippen LogP contribution in [0.25, 0.3) is 0 Å². The number of hydrogen-bond acceptors (Lipinski definition) is 5. The first-order valence-corrected chi connectivity index (χ1v) is 14.3. The van der Waals surface area contributed by atoms with Crippen molar-refractivity contribution in [3.8, 4) is 0 Å². The van der Waals surface area contributed by atoms with Crippen molar-refractivity contribution in [3.05, 3.63) is 59.2 Å². The van der Waals surface area contributed by atoms with Crippen LogP contribution in [0.3, 0.4) is 0 Å². The minimum Gasteiger partial charge on any atom is -0.379 e. The van der Waals surface area contributed by atoms with Crippen molar-refractivity contribution in [1.29, 1.82) is 0 Å². The van der Waals surface area contributed by atoms with Crippen LogP contribution < -0.4 is 10.0 Å². The number of amides is 1. The molecule has 0 radical (unpaired) electrons. The van der Waals surface area contributed by atoms with Gasteiger partial charge in [0, 0.05) is 25.3 Å². The third kappa shape index (κ3) is 5.55. The molecule has 0 spiro atoms. The summed E-state index contributed by atoms with van der Waals surface area (Å²) in [6.45, 7) is 5.12. The summed E-state index contributed by atoms with van der Waals surface area (Å²) in [5.41, 5.74) is 3.37. The molecule has 2 fully saturated rings. The Labute approximate surface area is 208 Å². The van der Waals surface area contributed by atoms with E-state index in [2.05, 4.69) is 14.9 Å². The summed E-state index contributed by atoms with van der Waals surface area (Å²) in [4.78, 5) is 15.6. The average molecular weight is 498 g/mol. The van der Waals surface area contributed by atoms with E-state index in [9.17, 15) is 13.2 Å². The van der Waals surface area contributed by atoms with Gasteiger partial charge in [-0.25, -0.2) is 8.42 Å². The van der Waals surface area contributed by atoms with Crippen molar-refractivity contribution < 1.29 is 17.9 Å². The van der Waals surface area contributed by atoms with Crippen molar-refractivity contribution in [1.82, 2.24) is 10.2 Å². The molecule has 3 aliphatic rings. The van der Waals surface area contributed by atoms with E-state index in [1.54, 1.807) is 18.2 Å². The lowest BCUT2D eigenvalue weighted by Crippen LogP contribution is -2.39. The van der Waals surface area contributed by atoms with Crippen LogP contribution in [0, 0.1) is 0 Å². The molecule has 2 aromatic rings. The lowest BCUT2D eigenvalue weighted by molar-refractivity contribution is -0.123. The maximum absolute atomic E-state index is 13.0. The summed E-state index contributed by atoms with van der Waals surface area (Å²) >= 11 is 0. The van der Waals surface area contributed by atoms with Crippen molar-refractivity contribution in [2.75, 3.05) is 44.1 Å². The summed E-state index contributed by atoms with van der Waals surface area (Å²) in [5.74, 6) is 0.0712. The Hall–Kier alpha value is -2.42. The molecule has 1 amide bonds. The molecular formula is C27H35N3O4S. The standard InChI is InChI=1S/C27H35N3O4S/c31-26(28-14-3-15-30-16-18-34-19-17-30)27(12-13-27)23-7-9-24(10-8-23)29-35(32,33)25-11-6-21-4-1-2-5-22(21)20-25/h6-11,20,29H,1-5,12-19H2,(H,28,31). The number of fused-ring (bicyclic) bond motifs is 1. The number of carbonyl (C=O) groups excluding carboxylic acids is 1. The fourth-order valence-electron chi connectivity index (χ4n) is 5.22. The van der Waals surface area contributed by atoms with Gasteiger partial charge >= 0.3 is 0 Å². The van der Waals surface area contributed by atoms with E-state index < -0.39 is 15.4 Å². The van der Waals surface area contributed by atoms with Crippen molar-refractivity contribution in [2.45, 2.75) is 55.3 Å². The quantitative estimate of drug-likeness (QED) is 0.520. The Bertz CT molecular complexity index is 1150. The predicted octanol–water partition coefficient (Wildman–Crippen LogP) is 3.24. The van der Waals surface area contributed by atoms with E-state index in [0.717, 1.165) is 88.9 Å². The van der Waals surface area contributed by atoms with E-state index in [4.69, 9.17) is 4.74 Å². The number of nitrogens with zero attached hydrogens (tertiary/aromatic N) is 1. The number of hydrogen-bond donors (Lipinski definition) is 2. The van der Waals surface area contributed by atoms with Crippen LogP contribution in [-0.4, -0.2) is 58.6 Å². The largest absolute Gasteiger partial charge is 0.379 e. The van der Waals surface area contributed by atoms with Crippen LogP contribution in [0.5, 0.6) is 0 Å². The SMILES string of the molecule is O=C(NCCCN1CCOCC1)C1(c2ccc(NS(=O)(=O)c3ccc4c(c3)CCCC4)cc2)CC1. The first-order valence-electron chi connectivity index (χ1n) is 12.8. The molecule has 1 heterocycles. The molecule has 188 valence electrons. The van der Waals surface area contributed by atoms with E-state index in [1.165, 1.54) is 5.56 Å². The lowest BCUT2D eigenvalue weighted by atomic mass is 9.92. The van der Waals surface area contributed by atoms with Crippen LogP contribution in [0.2, 0.25) is 0 Å². The minimum absolute atomic E-state index is 0.0712. The summed E-state index contributed by atoms with van der Waals surface area (Å²) < 4.78 is 34.0. The van der Waals surface area contributed by atoms with Crippen LogP contribution in [0.15, 0.2) is 47.4 Å². The molecule has 1 saturated heterocycles. The van der Waals surface area contributed by atoms with Gasteiger partial charge in [0.25, 0.3) is 10.0 Å². The van der Waals surface area contributed by atoms with Gasteiger partial charge in [-0.3, -0.25) is 14.4 Å². The molecule has 0 bridgehead atoms. The van der Waals surface area contributed by atoms with Crippen LogP contribution in [-0.2, 0) is 37.8 Å². The summed E-state index contributed by atoms with van der Waals surface area (Å²) in [6.07, 6.45) is 6.79. The number of morpholine rings is 1. The zero-order valence-electron chi connectivity index (χ0n) is 20.2. The number of nitrogens with one attached hydrogen (secondary N) is 2. The second-order valence-electron chi connectivity index (χ2n) is 9.97. The molecule has 8 heteroatoms. The van der Waals surface area contributed by atoms with Crippen molar-refractivity contribution in [2.24, 2.45) is 0 Å². The van der Waals surface area contributed by atoms with E-state index in [-0.39, 0.29) is 5.91 Å². The Morgan fingerprint density at radius 1 is 0.971 bits per heavy atom. The van der Waals surface area contributed by atoms with Crippen molar-refractivity contribution in [3.63, 3.8) is 0 Å². The van der Waals surface area contributed by atoms with E-state index in [0.29, 0.717) is 17.1 Å². The molecule has 0 unspecified atom stereocenters. The van der Waals surface area contributed by atoms with E-state index in [1.807, 2.05) is 24.3 Å². The average Bonchev–Trinajstić information content (AvgIpc) is 3.69. The fraction of sp³-hybridized carbons (Fsp3) is 0.519. The van der Waals surface area contributed by atoms with E-state index >= 15 is 0 Å². The maximum atomic E-state index is 13.0. The van der Waals surface area contributed by atoms with Crippen molar-refractivity contribution >= 4 is 21.6 Å². The first kappa shape index (κ1) is 24.3. The zero-order valence-corrected chi connectivity index (χ0v) is 21.0. The number of anilines is 1. The van der Waals surface area contributed by atoms with Crippen LogP contribution in [0.4, 0.5) is 5.69 Å². The molecular weight excluding hydrogens is 462 g/mol. The Morgan fingerprint density at radius 3 is 2.40 bits per heavy atom. The van der Waals surface area contributed by atoms with Crippen LogP contribution in [0.1, 0.15) is 48.8 Å². The molecule has 2 aromatic carbocycles. The highest BCUT2D eigenvalue weighted by Crippen LogP contribution is 2.48. The lowest BCUT2D eigenvalue weighted by Gasteiger charge is -2.26. The third-order valence-electron chi connectivity index (χ3n) is 7.54. The number of benzene rings is 2. The van der Waals surface area contributed by atoms with Gasteiger partial charge in [0.2, 0.25) is 5.91 Å². The molecule has 1 saturated carbocycles. The molecule has 0 aromatic heterocycles. The van der Waals surface area contributed by atoms with Gasteiger partial charge in [-0.2, -0.15) is 0 Å². The predicted molar refractivity (Wildman–Crippen MR) is 136 cm³/mol. The molecule has 2 aliphatic carbocycles. The molecule has 0 atom stereocenters. The monoisotopic (exact) mass is 497 g/mol. The third-order valence-corrected chi connectivity index (χ3v) is 8.92. The molecule has 35 heavy (non-hydrogen) atoms. The second-order valence-corrected chi connectivity index (χ2v) is 11.6. The number of ether oxygens (including phenoxy) is 1. The van der Waals surface area contributed by atoms with Gasteiger partial charge in [0.05, 0.1) is 23.5 Å². The topological polar surface area (TPSA) is 87.7 Å². The number of sulfonamides is 1. The highest BCUT2D eigenvalue weighted by atomic mass is 32.2. The van der Waals surface area contributed by atoms with Gasteiger partial charge in [-0.05, 0) is 92.4 Å². The minimum atomic E-state index is -3.66. The summed E-state index contributed by atoms with van der Waals surface area (Å²) in [6, 6.07) is 12.7. The highest BCUT2D eigenvalue weighted by molar-refractivity contribution is 7.92. The Morgan fingerprint density at radius 2 is 1.69 bits per heavy atom. The summed E-state index contributed by atoms with van der Waals surface area (Å²) in [7, 11) is -3.66. The van der Waals surface area contributed by atoms with Gasteiger partial charge in [0.1, 0.15) is 0 Å². The van der Waals surface area contributed by atoms with Gasteiger partial charge in [-0.15, -0.1) is 0 Å². The van der Waals surface area contributed by atoms with Crippen LogP contribution >= 0.6 is 0 Å². The zero-order chi connectivity index (χ0) is 24.3.